The molecule has 11 heteroatoms. The summed E-state index contributed by atoms with van der Waals surface area (Å²) in [7, 11) is 0. The lowest BCUT2D eigenvalue weighted by Gasteiger charge is -2.29. The van der Waals surface area contributed by atoms with E-state index in [1.807, 2.05) is 19.9 Å². The molecule has 0 radical (unpaired) electrons. The average molecular weight is 504 g/mol. The van der Waals surface area contributed by atoms with E-state index in [-0.39, 0.29) is 31.1 Å². The van der Waals surface area contributed by atoms with Crippen LogP contribution in [0.3, 0.4) is 0 Å². The Morgan fingerprint density at radius 3 is 2.74 bits per heavy atom. The maximum absolute atomic E-state index is 13.4. The summed E-state index contributed by atoms with van der Waals surface area (Å²) in [6.07, 6.45) is 5.11. The van der Waals surface area contributed by atoms with Crippen LogP contribution in [-0.4, -0.2) is 43.9 Å². The topological polar surface area (TPSA) is 111 Å². The standard InChI is InChI=1S/C24H28ClF2N7O/c1-15-11-29-22(31-18-6-8-24(26,27)9-7-18)32-20(15)34-12-19(30-14-34)21(35)33-23(2,13-28)16-4-3-5-17(25)10-16/h3-5,10-12,14,18H,6-9,13,28H2,1-2H3,(H,33,35)(H,29,31,32). The van der Waals surface area contributed by atoms with Gasteiger partial charge in [0.15, 0.2) is 0 Å². The monoisotopic (exact) mass is 503 g/mol. The van der Waals surface area contributed by atoms with Crippen molar-refractivity contribution in [2.75, 3.05) is 11.9 Å². The van der Waals surface area contributed by atoms with Gasteiger partial charge < -0.3 is 16.4 Å². The predicted octanol–water partition coefficient (Wildman–Crippen LogP) is 4.22. The first-order valence-corrected chi connectivity index (χ1v) is 11.8. The van der Waals surface area contributed by atoms with Crippen molar-refractivity contribution in [2.45, 2.75) is 57.0 Å². The zero-order valence-electron chi connectivity index (χ0n) is 19.6. The second-order valence-corrected chi connectivity index (χ2v) is 9.58. The molecule has 1 aromatic carbocycles. The fourth-order valence-corrected chi connectivity index (χ4v) is 4.26. The van der Waals surface area contributed by atoms with Gasteiger partial charge in [-0.3, -0.25) is 9.36 Å². The number of hydrogen-bond acceptors (Lipinski definition) is 6. The fourth-order valence-electron chi connectivity index (χ4n) is 4.07. The van der Waals surface area contributed by atoms with E-state index in [1.54, 1.807) is 35.2 Å². The third-order valence-corrected chi connectivity index (χ3v) is 6.55. The van der Waals surface area contributed by atoms with E-state index in [1.165, 1.54) is 6.33 Å². The van der Waals surface area contributed by atoms with Crippen molar-refractivity contribution in [2.24, 2.45) is 5.73 Å². The minimum atomic E-state index is -2.60. The minimum Gasteiger partial charge on any atom is -0.351 e. The Kier molecular flexibility index (Phi) is 7.05. The van der Waals surface area contributed by atoms with Gasteiger partial charge in [0.1, 0.15) is 17.8 Å². The van der Waals surface area contributed by atoms with Crippen LogP contribution in [0.5, 0.6) is 0 Å². The highest BCUT2D eigenvalue weighted by Gasteiger charge is 2.35. The molecule has 0 bridgehead atoms. The number of carbonyl (C=O) groups is 1. The molecule has 4 rings (SSSR count). The normalized spacial score (nSPS) is 17.5. The molecule has 1 aliphatic carbocycles. The number of alkyl halides is 2. The highest BCUT2D eigenvalue weighted by atomic mass is 35.5. The fraction of sp³-hybridized carbons (Fsp3) is 0.417. The number of nitrogens with one attached hydrogen (secondary N) is 2. The quantitative estimate of drug-likeness (QED) is 0.445. The van der Waals surface area contributed by atoms with Gasteiger partial charge in [-0.05, 0) is 44.4 Å². The van der Waals surface area contributed by atoms with E-state index < -0.39 is 17.4 Å². The smallest absolute Gasteiger partial charge is 0.272 e. The van der Waals surface area contributed by atoms with Gasteiger partial charge in [0.25, 0.3) is 5.91 Å². The van der Waals surface area contributed by atoms with Crippen molar-refractivity contribution in [3.05, 3.63) is 64.8 Å². The second-order valence-electron chi connectivity index (χ2n) is 9.14. The van der Waals surface area contributed by atoms with Crippen molar-refractivity contribution in [3.8, 4) is 5.82 Å². The third-order valence-electron chi connectivity index (χ3n) is 6.31. The molecule has 0 spiro atoms. The van der Waals surface area contributed by atoms with Crippen LogP contribution in [-0.2, 0) is 5.54 Å². The van der Waals surface area contributed by atoms with E-state index in [0.717, 1.165) is 11.1 Å². The Hall–Kier alpha value is -3.11. The molecule has 2 aromatic heterocycles. The zero-order valence-corrected chi connectivity index (χ0v) is 20.3. The van der Waals surface area contributed by atoms with Gasteiger partial charge in [0.2, 0.25) is 11.9 Å². The summed E-state index contributed by atoms with van der Waals surface area (Å²) < 4.78 is 28.5. The lowest BCUT2D eigenvalue weighted by molar-refractivity contribution is -0.0361. The minimum absolute atomic E-state index is 0.116. The first kappa shape index (κ1) is 25.0. The van der Waals surface area contributed by atoms with Gasteiger partial charge in [-0.1, -0.05) is 23.7 Å². The molecule has 1 amide bonds. The van der Waals surface area contributed by atoms with Gasteiger partial charge in [-0.2, -0.15) is 4.98 Å². The number of aryl methyl sites for hydroxylation is 1. The molecule has 35 heavy (non-hydrogen) atoms. The number of anilines is 1. The number of nitrogens with two attached hydrogens (primary N) is 1. The molecular formula is C24H28ClF2N7O. The van der Waals surface area contributed by atoms with Gasteiger partial charge in [0, 0.05) is 48.4 Å². The number of rotatable bonds is 7. The number of halogens is 3. The van der Waals surface area contributed by atoms with Crippen LogP contribution in [0.25, 0.3) is 5.82 Å². The largest absolute Gasteiger partial charge is 0.351 e. The van der Waals surface area contributed by atoms with Crippen LogP contribution in [0.15, 0.2) is 43.0 Å². The molecule has 1 fully saturated rings. The molecule has 4 N–H and O–H groups in total. The van der Waals surface area contributed by atoms with E-state index >= 15 is 0 Å². The number of imidazole rings is 1. The number of aromatic nitrogens is 4. The lowest BCUT2D eigenvalue weighted by atomic mass is 9.92. The van der Waals surface area contributed by atoms with E-state index in [0.29, 0.717) is 29.6 Å². The van der Waals surface area contributed by atoms with Crippen LogP contribution in [0.4, 0.5) is 14.7 Å². The van der Waals surface area contributed by atoms with E-state index in [9.17, 15) is 13.6 Å². The average Bonchev–Trinajstić information content (AvgIpc) is 3.32. The number of carbonyl (C=O) groups excluding carboxylic acids is 1. The summed E-state index contributed by atoms with van der Waals surface area (Å²) in [6, 6.07) is 7.05. The van der Waals surface area contributed by atoms with E-state index in [4.69, 9.17) is 17.3 Å². The SMILES string of the molecule is Cc1cnc(NC2CCC(F)(F)CC2)nc1-n1cnc(C(=O)NC(C)(CN)c2cccc(Cl)c2)c1. The van der Waals surface area contributed by atoms with Crippen LogP contribution >= 0.6 is 11.6 Å². The molecule has 1 aliphatic rings. The van der Waals surface area contributed by atoms with Crippen molar-refractivity contribution < 1.29 is 13.6 Å². The van der Waals surface area contributed by atoms with Gasteiger partial charge >= 0.3 is 0 Å². The number of nitrogens with zero attached hydrogens (tertiary/aromatic N) is 4. The first-order chi connectivity index (χ1) is 16.6. The van der Waals surface area contributed by atoms with E-state index in [2.05, 4.69) is 25.6 Å². The van der Waals surface area contributed by atoms with Crippen molar-refractivity contribution >= 4 is 23.5 Å². The Labute approximate surface area is 207 Å². The molecule has 3 aromatic rings. The lowest BCUT2D eigenvalue weighted by Crippen LogP contribution is -2.48. The maximum atomic E-state index is 13.4. The number of hydrogen-bond donors (Lipinski definition) is 3. The molecule has 186 valence electrons. The molecule has 8 nitrogen and oxygen atoms in total. The molecule has 2 heterocycles. The Morgan fingerprint density at radius 2 is 2.06 bits per heavy atom. The first-order valence-electron chi connectivity index (χ1n) is 11.4. The summed E-state index contributed by atoms with van der Waals surface area (Å²) >= 11 is 6.11. The Balaban J connectivity index is 1.50. The summed E-state index contributed by atoms with van der Waals surface area (Å²) in [5, 5.41) is 6.65. The molecule has 0 saturated heterocycles. The van der Waals surface area contributed by atoms with Gasteiger partial charge in [-0.15, -0.1) is 0 Å². The van der Waals surface area contributed by atoms with Gasteiger partial charge in [-0.25, -0.2) is 18.7 Å². The maximum Gasteiger partial charge on any atom is 0.272 e. The summed E-state index contributed by atoms with van der Waals surface area (Å²) in [5.41, 5.74) is 6.88. The van der Waals surface area contributed by atoms with Crippen molar-refractivity contribution in [3.63, 3.8) is 0 Å². The van der Waals surface area contributed by atoms with Crippen LogP contribution in [0.2, 0.25) is 5.02 Å². The predicted molar refractivity (Wildman–Crippen MR) is 130 cm³/mol. The highest BCUT2D eigenvalue weighted by molar-refractivity contribution is 6.30. The summed E-state index contributed by atoms with van der Waals surface area (Å²) in [5.74, 6) is -2.12. The second kappa shape index (κ2) is 9.87. The van der Waals surface area contributed by atoms with Crippen LogP contribution in [0, 0.1) is 6.92 Å². The number of amides is 1. The summed E-state index contributed by atoms with van der Waals surface area (Å²) in [6.45, 7) is 3.82. The zero-order chi connectivity index (χ0) is 25.2. The Bertz CT molecular complexity index is 1210. The summed E-state index contributed by atoms with van der Waals surface area (Å²) in [4.78, 5) is 26.1. The molecule has 1 atom stereocenters. The molecule has 1 unspecified atom stereocenters. The van der Waals surface area contributed by atoms with Gasteiger partial charge in [0.05, 0.1) is 5.54 Å². The molecule has 0 aliphatic heterocycles. The number of benzene rings is 1. The Morgan fingerprint density at radius 1 is 1.31 bits per heavy atom. The molecule has 1 saturated carbocycles. The van der Waals surface area contributed by atoms with Crippen molar-refractivity contribution in [1.29, 1.82) is 0 Å². The highest BCUT2D eigenvalue weighted by Crippen LogP contribution is 2.34. The third kappa shape index (κ3) is 5.76. The van der Waals surface area contributed by atoms with Crippen molar-refractivity contribution in [1.82, 2.24) is 24.8 Å². The van der Waals surface area contributed by atoms with Crippen LogP contribution < -0.4 is 16.4 Å². The van der Waals surface area contributed by atoms with Crippen LogP contribution in [0.1, 0.15) is 54.2 Å². The molecular weight excluding hydrogens is 476 g/mol.